The number of carbonyl (C=O) groups is 1. The average molecular weight is 596 g/mol. The quantitative estimate of drug-likeness (QED) is 0.351. The Morgan fingerprint density at radius 1 is 0.675 bits per heavy atom. The van der Waals surface area contributed by atoms with Crippen molar-refractivity contribution in [1.29, 1.82) is 0 Å². The summed E-state index contributed by atoms with van der Waals surface area (Å²) in [5, 5.41) is 0. The Bertz CT molecular complexity index is 1020. The van der Waals surface area contributed by atoms with Gasteiger partial charge >= 0.3 is 0 Å². The van der Waals surface area contributed by atoms with Crippen LogP contribution < -0.4 is 0 Å². The third-order valence-electron chi connectivity index (χ3n) is 8.67. The molecule has 2 aromatic rings. The van der Waals surface area contributed by atoms with Crippen LogP contribution in [-0.4, -0.2) is 99.6 Å². The van der Waals surface area contributed by atoms with Crippen LogP contribution in [0.5, 0.6) is 0 Å². The molecule has 0 saturated carbocycles. The van der Waals surface area contributed by atoms with Crippen LogP contribution in [0.4, 0.5) is 8.78 Å². The molecule has 6 unspecified atom stereocenters. The van der Waals surface area contributed by atoms with E-state index in [0.717, 1.165) is 50.4 Å². The molecule has 220 valence electrons. The summed E-state index contributed by atoms with van der Waals surface area (Å²) in [7, 11) is 0. The van der Waals surface area contributed by atoms with Crippen molar-refractivity contribution < 1.29 is 13.6 Å². The number of carbonyl (C=O) groups excluding carboxylic acids is 1. The summed E-state index contributed by atoms with van der Waals surface area (Å²) in [6.45, 7) is 13.1. The van der Waals surface area contributed by atoms with E-state index in [1.165, 1.54) is 24.3 Å². The Kier molecular flexibility index (Phi) is 11.0. The number of alkyl halides is 2. The number of halogens is 4. The van der Waals surface area contributed by atoms with Crippen LogP contribution in [0.3, 0.4) is 0 Å². The van der Waals surface area contributed by atoms with Gasteiger partial charge < -0.3 is 0 Å². The fraction of sp³-hybridized carbons (Fsp3) is 0.581. The highest BCUT2D eigenvalue weighted by molar-refractivity contribution is 6.22. The Morgan fingerprint density at radius 2 is 1.02 bits per heavy atom. The molecule has 2 saturated heterocycles. The summed E-state index contributed by atoms with van der Waals surface area (Å²) in [4.78, 5) is 23.3. The van der Waals surface area contributed by atoms with Gasteiger partial charge in [0.15, 0.2) is 5.78 Å². The van der Waals surface area contributed by atoms with Crippen molar-refractivity contribution in [3.05, 3.63) is 71.3 Å². The van der Waals surface area contributed by atoms with Gasteiger partial charge in [-0.05, 0) is 63.1 Å². The number of hydrogen-bond donors (Lipinski definition) is 0. The van der Waals surface area contributed by atoms with E-state index in [1.54, 1.807) is 0 Å². The summed E-state index contributed by atoms with van der Waals surface area (Å²) in [6.07, 6.45) is 0. The number of hydrogen-bond acceptors (Lipinski definition) is 5. The molecule has 2 aliphatic rings. The van der Waals surface area contributed by atoms with E-state index in [2.05, 4.69) is 47.3 Å². The van der Waals surface area contributed by atoms with Crippen molar-refractivity contribution in [2.24, 2.45) is 0 Å². The summed E-state index contributed by atoms with van der Waals surface area (Å²) in [5.41, 5.74) is 2.14. The van der Waals surface area contributed by atoms with Crippen molar-refractivity contribution in [2.45, 2.75) is 77.0 Å². The van der Waals surface area contributed by atoms with Gasteiger partial charge in [0.2, 0.25) is 0 Å². The largest absolute Gasteiger partial charge is 0.296 e. The molecule has 2 aliphatic heterocycles. The molecule has 9 heteroatoms. The Hall–Kier alpha value is -1.61. The summed E-state index contributed by atoms with van der Waals surface area (Å²) in [5.74, 6) is 0.0588. The molecule has 0 aliphatic carbocycles. The van der Waals surface area contributed by atoms with Crippen LogP contribution in [0, 0.1) is 11.6 Å². The van der Waals surface area contributed by atoms with Crippen molar-refractivity contribution in [1.82, 2.24) is 19.6 Å². The monoisotopic (exact) mass is 594 g/mol. The number of ketones is 1. The minimum Gasteiger partial charge on any atom is -0.296 e. The Labute approximate surface area is 248 Å². The van der Waals surface area contributed by atoms with Gasteiger partial charge in [-0.2, -0.15) is 0 Å². The predicted molar refractivity (Wildman–Crippen MR) is 159 cm³/mol. The predicted octanol–water partition coefficient (Wildman–Crippen LogP) is 5.24. The maximum absolute atomic E-state index is 14.1. The van der Waals surface area contributed by atoms with E-state index in [4.69, 9.17) is 23.2 Å². The normalized spacial score (nSPS) is 27.0. The Morgan fingerprint density at radius 3 is 1.35 bits per heavy atom. The lowest BCUT2D eigenvalue weighted by atomic mass is 9.96. The molecule has 6 atom stereocenters. The smallest absolute Gasteiger partial charge is 0.169 e. The molecule has 4 rings (SSSR count). The van der Waals surface area contributed by atoms with Crippen LogP contribution in [0.15, 0.2) is 48.5 Å². The standard InChI is InChI=1S/C31H42Cl2F2N4O/c1-21-17-38(23(3)15-36(21)19-25-5-9-27(34)10-6-25)29(13-32)31(40)30(14-33)39-18-22(2)37(16-24(39)4)20-26-7-11-28(35)12-8-26/h5-12,21-24,29-30H,13-20H2,1-4H3. The second kappa shape index (κ2) is 14.0. The third-order valence-corrected chi connectivity index (χ3v) is 9.26. The zero-order valence-electron chi connectivity index (χ0n) is 23.9. The van der Waals surface area contributed by atoms with Crippen molar-refractivity contribution in [2.75, 3.05) is 37.9 Å². The van der Waals surface area contributed by atoms with Crippen molar-refractivity contribution in [3.63, 3.8) is 0 Å². The third kappa shape index (κ3) is 7.42. The van der Waals surface area contributed by atoms with Crippen LogP contribution in [0.1, 0.15) is 38.8 Å². The van der Waals surface area contributed by atoms with Crippen LogP contribution >= 0.6 is 23.2 Å². The zero-order chi connectivity index (χ0) is 29.0. The number of nitrogens with zero attached hydrogens (tertiary/aromatic N) is 4. The lowest BCUT2D eigenvalue weighted by Gasteiger charge is -2.49. The molecule has 0 radical (unpaired) electrons. The van der Waals surface area contributed by atoms with Gasteiger partial charge in [0.25, 0.3) is 0 Å². The maximum Gasteiger partial charge on any atom is 0.169 e. The van der Waals surface area contributed by atoms with Gasteiger partial charge in [-0.15, -0.1) is 23.2 Å². The molecule has 0 spiro atoms. The molecule has 2 aromatic carbocycles. The van der Waals surface area contributed by atoms with Gasteiger partial charge in [0.05, 0.1) is 12.1 Å². The lowest BCUT2D eigenvalue weighted by molar-refractivity contribution is -0.133. The van der Waals surface area contributed by atoms with Crippen molar-refractivity contribution >= 4 is 29.0 Å². The van der Waals surface area contributed by atoms with E-state index < -0.39 is 12.1 Å². The molecule has 0 amide bonds. The topological polar surface area (TPSA) is 30.0 Å². The molecule has 0 N–H and O–H groups in total. The molecule has 2 heterocycles. The first kappa shape index (κ1) is 31.3. The van der Waals surface area contributed by atoms with E-state index in [9.17, 15) is 13.6 Å². The molecule has 0 bridgehead atoms. The first-order valence-electron chi connectivity index (χ1n) is 14.2. The molecule has 40 heavy (non-hydrogen) atoms. The van der Waals surface area contributed by atoms with E-state index in [-0.39, 0.29) is 53.3 Å². The lowest BCUT2D eigenvalue weighted by Crippen LogP contribution is -2.65. The zero-order valence-corrected chi connectivity index (χ0v) is 25.5. The number of piperazine rings is 2. The van der Waals surface area contributed by atoms with Crippen LogP contribution in [0.25, 0.3) is 0 Å². The SMILES string of the molecule is CC1CN(C(CCl)C(=O)C(CCl)N2CC(C)N(Cc3ccc(F)cc3)CC2C)C(C)CN1Cc1ccc(F)cc1. The summed E-state index contributed by atoms with van der Waals surface area (Å²) >= 11 is 13.0. The highest BCUT2D eigenvalue weighted by atomic mass is 35.5. The van der Waals surface area contributed by atoms with E-state index >= 15 is 0 Å². The fourth-order valence-corrected chi connectivity index (χ4v) is 6.94. The average Bonchev–Trinajstić information content (AvgIpc) is 2.92. The van der Waals surface area contributed by atoms with Gasteiger partial charge in [-0.3, -0.25) is 24.4 Å². The maximum atomic E-state index is 14.1. The number of rotatable bonds is 10. The first-order chi connectivity index (χ1) is 19.1. The summed E-state index contributed by atoms with van der Waals surface area (Å²) in [6, 6.07) is 13.2. The highest BCUT2D eigenvalue weighted by Crippen LogP contribution is 2.26. The number of benzene rings is 2. The van der Waals surface area contributed by atoms with Crippen molar-refractivity contribution in [3.8, 4) is 0 Å². The molecule has 2 fully saturated rings. The molecule has 5 nitrogen and oxygen atoms in total. The fourth-order valence-electron chi connectivity index (χ4n) is 6.29. The minimum absolute atomic E-state index is 0.0852. The van der Waals surface area contributed by atoms with E-state index in [1.807, 2.05) is 24.3 Å². The summed E-state index contributed by atoms with van der Waals surface area (Å²) < 4.78 is 26.7. The second-order valence-electron chi connectivity index (χ2n) is 11.6. The van der Waals surface area contributed by atoms with E-state index in [0.29, 0.717) is 0 Å². The van der Waals surface area contributed by atoms with Crippen LogP contribution in [0.2, 0.25) is 0 Å². The Balaban J connectivity index is 1.40. The molecule has 0 aromatic heterocycles. The van der Waals surface area contributed by atoms with Gasteiger partial charge in [0.1, 0.15) is 11.6 Å². The number of Topliss-reactive ketones (excluding diaryl/α,β-unsaturated/α-hetero) is 1. The first-order valence-corrected chi connectivity index (χ1v) is 15.3. The highest BCUT2D eigenvalue weighted by Gasteiger charge is 2.42. The van der Waals surface area contributed by atoms with Crippen LogP contribution in [-0.2, 0) is 17.9 Å². The molecular formula is C31H42Cl2F2N4O. The van der Waals surface area contributed by atoms with Gasteiger partial charge in [-0.1, -0.05) is 24.3 Å². The minimum atomic E-state index is -0.421. The molecular weight excluding hydrogens is 553 g/mol. The van der Waals surface area contributed by atoms with Gasteiger partial charge in [0, 0.05) is 75.2 Å². The van der Waals surface area contributed by atoms with Gasteiger partial charge in [-0.25, -0.2) is 8.78 Å². The second-order valence-corrected chi connectivity index (χ2v) is 12.3.